The standard InChI is InChI=1S/C16H26N2O2/c1-13(2)16(12-19)17-11-14-3-5-15(6-4-14)18-7-9-20-10-8-18/h3-6,13,16-17,19H,7-12H2,1-2H3/t16-/m1/s1. The first-order chi connectivity index (χ1) is 9.70. The summed E-state index contributed by atoms with van der Waals surface area (Å²) in [6.45, 7) is 8.79. The molecule has 0 aliphatic carbocycles. The topological polar surface area (TPSA) is 44.7 Å². The van der Waals surface area contributed by atoms with E-state index in [1.54, 1.807) is 0 Å². The van der Waals surface area contributed by atoms with Gasteiger partial charge in [-0.15, -0.1) is 0 Å². The van der Waals surface area contributed by atoms with E-state index in [9.17, 15) is 5.11 Å². The Balaban J connectivity index is 1.87. The number of benzene rings is 1. The van der Waals surface area contributed by atoms with E-state index < -0.39 is 0 Å². The summed E-state index contributed by atoms with van der Waals surface area (Å²) in [6.07, 6.45) is 0. The highest BCUT2D eigenvalue weighted by Gasteiger charge is 2.12. The molecule has 0 amide bonds. The van der Waals surface area contributed by atoms with E-state index in [2.05, 4.69) is 48.3 Å². The molecule has 2 N–H and O–H groups in total. The fourth-order valence-electron chi connectivity index (χ4n) is 2.41. The summed E-state index contributed by atoms with van der Waals surface area (Å²) >= 11 is 0. The van der Waals surface area contributed by atoms with Gasteiger partial charge in [0.15, 0.2) is 0 Å². The Kier molecular flexibility index (Phi) is 5.83. The Bertz CT molecular complexity index is 386. The number of nitrogens with one attached hydrogen (secondary N) is 1. The summed E-state index contributed by atoms with van der Waals surface area (Å²) in [5, 5.41) is 12.7. The molecule has 0 unspecified atom stereocenters. The summed E-state index contributed by atoms with van der Waals surface area (Å²) in [5.41, 5.74) is 2.51. The lowest BCUT2D eigenvalue weighted by Crippen LogP contribution is -2.37. The van der Waals surface area contributed by atoms with Crippen LogP contribution in [-0.2, 0) is 11.3 Å². The third-order valence-corrected chi connectivity index (χ3v) is 3.88. The van der Waals surface area contributed by atoms with Crippen LogP contribution in [0.2, 0.25) is 0 Å². The lowest BCUT2D eigenvalue weighted by Gasteiger charge is -2.29. The molecule has 0 saturated carbocycles. The van der Waals surface area contributed by atoms with Crippen molar-refractivity contribution in [3.05, 3.63) is 29.8 Å². The zero-order valence-corrected chi connectivity index (χ0v) is 12.5. The summed E-state index contributed by atoms with van der Waals surface area (Å²) in [4.78, 5) is 2.35. The smallest absolute Gasteiger partial charge is 0.0642 e. The third kappa shape index (κ3) is 4.20. The van der Waals surface area contributed by atoms with Gasteiger partial charge in [-0.3, -0.25) is 0 Å². The minimum Gasteiger partial charge on any atom is -0.395 e. The second-order valence-electron chi connectivity index (χ2n) is 5.68. The molecular formula is C16H26N2O2. The Morgan fingerprint density at radius 1 is 1.20 bits per heavy atom. The van der Waals surface area contributed by atoms with Crippen molar-refractivity contribution in [3.8, 4) is 0 Å². The molecule has 1 aliphatic heterocycles. The van der Waals surface area contributed by atoms with Crippen LogP contribution < -0.4 is 10.2 Å². The summed E-state index contributed by atoms with van der Waals surface area (Å²) in [5.74, 6) is 0.438. The Labute approximate surface area is 121 Å². The highest BCUT2D eigenvalue weighted by molar-refractivity contribution is 5.47. The highest BCUT2D eigenvalue weighted by atomic mass is 16.5. The van der Waals surface area contributed by atoms with Crippen LogP contribution in [0.15, 0.2) is 24.3 Å². The molecule has 1 aromatic carbocycles. The number of aliphatic hydroxyl groups excluding tert-OH is 1. The third-order valence-electron chi connectivity index (χ3n) is 3.88. The number of aliphatic hydroxyl groups is 1. The van der Waals surface area contributed by atoms with Crippen LogP contribution in [0.1, 0.15) is 19.4 Å². The van der Waals surface area contributed by atoms with Crippen molar-refractivity contribution in [2.24, 2.45) is 5.92 Å². The first-order valence-electron chi connectivity index (χ1n) is 7.46. The lowest BCUT2D eigenvalue weighted by atomic mass is 10.0. The highest BCUT2D eigenvalue weighted by Crippen LogP contribution is 2.16. The van der Waals surface area contributed by atoms with E-state index in [0.29, 0.717) is 5.92 Å². The molecule has 1 fully saturated rings. The molecule has 4 nitrogen and oxygen atoms in total. The van der Waals surface area contributed by atoms with Crippen LogP contribution in [0, 0.1) is 5.92 Å². The van der Waals surface area contributed by atoms with Crippen molar-refractivity contribution in [3.63, 3.8) is 0 Å². The average Bonchev–Trinajstić information content (AvgIpc) is 2.49. The SMILES string of the molecule is CC(C)[C@@H](CO)NCc1ccc(N2CCOCC2)cc1. The number of ether oxygens (including phenoxy) is 1. The van der Waals surface area contributed by atoms with Crippen LogP contribution in [0.5, 0.6) is 0 Å². The molecule has 0 radical (unpaired) electrons. The molecule has 1 saturated heterocycles. The van der Waals surface area contributed by atoms with Gasteiger partial charge in [0.25, 0.3) is 0 Å². The van der Waals surface area contributed by atoms with Gasteiger partial charge in [-0.25, -0.2) is 0 Å². The monoisotopic (exact) mass is 278 g/mol. The second kappa shape index (κ2) is 7.62. The second-order valence-corrected chi connectivity index (χ2v) is 5.68. The number of morpholine rings is 1. The van der Waals surface area contributed by atoms with Gasteiger partial charge in [0.1, 0.15) is 0 Å². The Morgan fingerprint density at radius 3 is 2.40 bits per heavy atom. The maximum Gasteiger partial charge on any atom is 0.0642 e. The van der Waals surface area contributed by atoms with Crippen molar-refractivity contribution >= 4 is 5.69 Å². The quantitative estimate of drug-likeness (QED) is 0.830. The molecule has 0 spiro atoms. The van der Waals surface area contributed by atoms with Gasteiger partial charge in [-0.1, -0.05) is 26.0 Å². The molecule has 0 bridgehead atoms. The van der Waals surface area contributed by atoms with Gasteiger partial charge in [-0.2, -0.15) is 0 Å². The predicted octanol–water partition coefficient (Wildman–Crippen LogP) is 1.63. The minimum absolute atomic E-state index is 0.161. The fraction of sp³-hybridized carbons (Fsp3) is 0.625. The number of hydrogen-bond acceptors (Lipinski definition) is 4. The average molecular weight is 278 g/mol. The van der Waals surface area contributed by atoms with Crippen LogP contribution in [-0.4, -0.2) is 44.1 Å². The molecule has 20 heavy (non-hydrogen) atoms. The van der Waals surface area contributed by atoms with E-state index in [-0.39, 0.29) is 12.6 Å². The van der Waals surface area contributed by atoms with Gasteiger partial charge in [0.2, 0.25) is 0 Å². The number of anilines is 1. The number of hydrogen-bond donors (Lipinski definition) is 2. The van der Waals surface area contributed by atoms with E-state index >= 15 is 0 Å². The molecule has 1 aromatic rings. The Hall–Kier alpha value is -1.10. The van der Waals surface area contributed by atoms with Crippen LogP contribution in [0.3, 0.4) is 0 Å². The maximum absolute atomic E-state index is 9.31. The van der Waals surface area contributed by atoms with Gasteiger partial charge in [0.05, 0.1) is 19.8 Å². The summed E-state index contributed by atoms with van der Waals surface area (Å²) in [7, 11) is 0. The van der Waals surface area contributed by atoms with Crippen molar-refractivity contribution in [2.45, 2.75) is 26.4 Å². The molecule has 2 rings (SSSR count). The number of rotatable bonds is 6. The molecular weight excluding hydrogens is 252 g/mol. The van der Waals surface area contributed by atoms with Gasteiger partial charge >= 0.3 is 0 Å². The van der Waals surface area contributed by atoms with Crippen molar-refractivity contribution in [2.75, 3.05) is 37.8 Å². The zero-order valence-electron chi connectivity index (χ0n) is 12.5. The first-order valence-corrected chi connectivity index (χ1v) is 7.46. The zero-order chi connectivity index (χ0) is 14.4. The van der Waals surface area contributed by atoms with E-state index in [1.807, 2.05) is 0 Å². The molecule has 112 valence electrons. The fourth-order valence-corrected chi connectivity index (χ4v) is 2.41. The Morgan fingerprint density at radius 2 is 1.85 bits per heavy atom. The van der Waals surface area contributed by atoms with Gasteiger partial charge in [-0.05, 0) is 23.6 Å². The predicted molar refractivity (Wildman–Crippen MR) is 82.0 cm³/mol. The normalized spacial score (nSPS) is 17.5. The summed E-state index contributed by atoms with van der Waals surface area (Å²) < 4.78 is 5.37. The molecule has 1 atom stereocenters. The minimum atomic E-state index is 0.161. The van der Waals surface area contributed by atoms with E-state index in [0.717, 1.165) is 32.8 Å². The van der Waals surface area contributed by atoms with Crippen molar-refractivity contribution < 1.29 is 9.84 Å². The van der Waals surface area contributed by atoms with Gasteiger partial charge < -0.3 is 20.1 Å². The lowest BCUT2D eigenvalue weighted by molar-refractivity contribution is 0.122. The van der Waals surface area contributed by atoms with E-state index in [4.69, 9.17) is 4.74 Å². The summed E-state index contributed by atoms with van der Waals surface area (Å²) in [6, 6.07) is 8.82. The molecule has 0 aromatic heterocycles. The van der Waals surface area contributed by atoms with Crippen LogP contribution in [0.4, 0.5) is 5.69 Å². The number of nitrogens with zero attached hydrogens (tertiary/aromatic N) is 1. The maximum atomic E-state index is 9.31. The van der Waals surface area contributed by atoms with Crippen LogP contribution >= 0.6 is 0 Å². The van der Waals surface area contributed by atoms with Crippen molar-refractivity contribution in [1.82, 2.24) is 5.32 Å². The van der Waals surface area contributed by atoms with E-state index in [1.165, 1.54) is 11.3 Å². The van der Waals surface area contributed by atoms with Crippen LogP contribution in [0.25, 0.3) is 0 Å². The van der Waals surface area contributed by atoms with Crippen molar-refractivity contribution in [1.29, 1.82) is 0 Å². The molecule has 4 heteroatoms. The first kappa shape index (κ1) is 15.3. The largest absolute Gasteiger partial charge is 0.395 e. The molecule has 1 heterocycles. The molecule has 1 aliphatic rings. The van der Waals surface area contributed by atoms with Gasteiger partial charge in [0, 0.05) is 31.4 Å².